The number of aromatic nitrogens is 3. The molecule has 0 bridgehead atoms. The van der Waals surface area contributed by atoms with Gasteiger partial charge in [-0.05, 0) is 66.7 Å². The van der Waals surface area contributed by atoms with Gasteiger partial charge in [0.1, 0.15) is 8.07 Å². The van der Waals surface area contributed by atoms with Crippen LogP contribution in [0, 0.1) is 0 Å². The summed E-state index contributed by atoms with van der Waals surface area (Å²) in [7, 11) is -1.88. The predicted octanol–water partition coefficient (Wildman–Crippen LogP) is 10.2. The molecule has 0 unspecified atom stereocenters. The fraction of sp³-hybridized carbons (Fsp3) is 0.0444. The molecule has 1 aliphatic heterocycles. The van der Waals surface area contributed by atoms with Crippen LogP contribution in [0.4, 0.5) is 0 Å². The van der Waals surface area contributed by atoms with E-state index in [9.17, 15) is 0 Å². The van der Waals surface area contributed by atoms with E-state index in [4.69, 9.17) is 15.0 Å². The highest BCUT2D eigenvalue weighted by Crippen LogP contribution is 2.38. The normalized spacial score (nSPS) is 12.9. The lowest BCUT2D eigenvalue weighted by atomic mass is 9.97. The van der Waals surface area contributed by atoms with Crippen LogP contribution in [0.15, 0.2) is 164 Å². The average Bonchev–Trinajstić information content (AvgIpc) is 3.41. The predicted molar refractivity (Wildman–Crippen MR) is 207 cm³/mol. The molecule has 0 amide bonds. The molecule has 9 rings (SSSR count). The van der Waals surface area contributed by atoms with Crippen LogP contribution in [0.5, 0.6) is 0 Å². The number of rotatable bonds is 5. The van der Waals surface area contributed by atoms with Gasteiger partial charge in [-0.3, -0.25) is 0 Å². The summed E-state index contributed by atoms with van der Waals surface area (Å²) >= 11 is 0. The van der Waals surface area contributed by atoms with E-state index in [0.717, 1.165) is 33.2 Å². The van der Waals surface area contributed by atoms with Gasteiger partial charge in [-0.1, -0.05) is 165 Å². The van der Waals surface area contributed by atoms with Gasteiger partial charge in [-0.25, -0.2) is 15.0 Å². The first-order valence-corrected chi connectivity index (χ1v) is 19.8. The lowest BCUT2D eigenvalue weighted by Gasteiger charge is -2.19. The molecule has 0 saturated heterocycles. The molecule has 1 aromatic heterocycles. The molecule has 1 aliphatic rings. The van der Waals surface area contributed by atoms with Crippen LogP contribution >= 0.6 is 0 Å². The Morgan fingerprint density at radius 2 is 0.857 bits per heavy atom. The first-order valence-electron chi connectivity index (χ1n) is 16.8. The summed E-state index contributed by atoms with van der Waals surface area (Å²) in [4.78, 5) is 15.8. The molecule has 0 saturated carbocycles. The second kappa shape index (κ2) is 11.6. The van der Waals surface area contributed by atoms with E-state index in [-0.39, 0.29) is 0 Å². The molecular formula is C45H33N3Si. The molecule has 232 valence electrons. The van der Waals surface area contributed by atoms with E-state index in [0.29, 0.717) is 17.5 Å². The minimum atomic E-state index is -1.88. The Morgan fingerprint density at radius 3 is 1.59 bits per heavy atom. The van der Waals surface area contributed by atoms with E-state index in [1.54, 1.807) is 0 Å². The SMILES string of the molecule is C[Si]1(C)c2ccccc2-c2c(-c3nc(-c4ccc5cc(-c6ccccc6)ccc5c4)nc(-c4ccccc4-c4ccccc4)n3)cccc21. The molecule has 8 aromatic rings. The molecule has 0 N–H and O–H groups in total. The summed E-state index contributed by atoms with van der Waals surface area (Å²) in [6.45, 7) is 4.89. The smallest absolute Gasteiger partial charge is 0.164 e. The summed E-state index contributed by atoms with van der Waals surface area (Å²) < 4.78 is 0. The summed E-state index contributed by atoms with van der Waals surface area (Å²) in [5, 5.41) is 5.22. The molecule has 3 nitrogen and oxygen atoms in total. The van der Waals surface area contributed by atoms with Gasteiger partial charge in [-0.15, -0.1) is 0 Å². The first-order chi connectivity index (χ1) is 24.0. The third-order valence-corrected chi connectivity index (χ3v) is 13.5. The minimum Gasteiger partial charge on any atom is -0.208 e. The fourth-order valence-electron chi connectivity index (χ4n) is 7.43. The third kappa shape index (κ3) is 5.00. The van der Waals surface area contributed by atoms with Crippen LogP contribution in [0.3, 0.4) is 0 Å². The maximum absolute atomic E-state index is 5.28. The summed E-state index contributed by atoms with van der Waals surface area (Å²) in [6.07, 6.45) is 0. The van der Waals surface area contributed by atoms with Gasteiger partial charge >= 0.3 is 0 Å². The van der Waals surface area contributed by atoms with Crippen molar-refractivity contribution in [2.24, 2.45) is 0 Å². The Hall–Kier alpha value is -5.97. The largest absolute Gasteiger partial charge is 0.208 e. The van der Waals surface area contributed by atoms with Crippen LogP contribution in [0.25, 0.3) is 78.3 Å². The van der Waals surface area contributed by atoms with Crippen molar-refractivity contribution in [3.8, 4) is 67.5 Å². The van der Waals surface area contributed by atoms with E-state index in [1.807, 2.05) is 6.07 Å². The quantitative estimate of drug-likeness (QED) is 0.175. The standard InChI is InChI=1S/C45H33N3Si/c1-49(2)40-22-12-11-20-38(40)42-39(21-13-23-41(42)49)45-47-43(46-44(48-45)37-19-10-9-18-36(37)31-16-7-4-8-17-31)35-27-26-33-28-32(24-25-34(33)29-35)30-14-5-3-6-15-30/h3-29H,1-2H3. The van der Waals surface area contributed by atoms with Crippen LogP contribution < -0.4 is 10.4 Å². The number of benzene rings is 7. The fourth-order valence-corrected chi connectivity index (χ4v) is 10.5. The van der Waals surface area contributed by atoms with Crippen LogP contribution in [-0.4, -0.2) is 23.0 Å². The van der Waals surface area contributed by atoms with Gasteiger partial charge < -0.3 is 0 Å². The molecule has 0 aliphatic carbocycles. The van der Waals surface area contributed by atoms with E-state index < -0.39 is 8.07 Å². The molecule has 0 atom stereocenters. The van der Waals surface area contributed by atoms with Crippen molar-refractivity contribution >= 4 is 29.2 Å². The maximum Gasteiger partial charge on any atom is 0.164 e. The second-order valence-corrected chi connectivity index (χ2v) is 17.6. The van der Waals surface area contributed by atoms with Gasteiger partial charge in [0.25, 0.3) is 0 Å². The second-order valence-electron chi connectivity index (χ2n) is 13.3. The van der Waals surface area contributed by atoms with Crippen LogP contribution in [-0.2, 0) is 0 Å². The number of hydrogen-bond donors (Lipinski definition) is 0. The van der Waals surface area contributed by atoms with E-state index in [2.05, 4.69) is 171 Å². The van der Waals surface area contributed by atoms with Crippen LogP contribution in [0.1, 0.15) is 0 Å². The zero-order valence-electron chi connectivity index (χ0n) is 27.4. The third-order valence-electron chi connectivity index (χ3n) is 9.94. The molecule has 0 spiro atoms. The van der Waals surface area contributed by atoms with Gasteiger partial charge in [0.2, 0.25) is 0 Å². The van der Waals surface area contributed by atoms with E-state index in [1.165, 1.54) is 38.0 Å². The molecule has 49 heavy (non-hydrogen) atoms. The van der Waals surface area contributed by atoms with E-state index >= 15 is 0 Å². The average molecular weight is 644 g/mol. The Balaban J connectivity index is 1.26. The van der Waals surface area contributed by atoms with Crippen LogP contribution in [0.2, 0.25) is 13.1 Å². The Bertz CT molecular complexity index is 2520. The molecule has 4 heteroatoms. The summed E-state index contributed by atoms with van der Waals surface area (Å²) in [5.41, 5.74) is 10.2. The minimum absolute atomic E-state index is 0.664. The Kier molecular flexibility index (Phi) is 6.92. The van der Waals surface area contributed by atoms with Gasteiger partial charge in [0.15, 0.2) is 17.5 Å². The van der Waals surface area contributed by atoms with Crippen molar-refractivity contribution in [3.63, 3.8) is 0 Å². The molecule has 2 heterocycles. The molecule has 0 radical (unpaired) electrons. The zero-order valence-corrected chi connectivity index (χ0v) is 28.4. The topological polar surface area (TPSA) is 38.7 Å². The van der Waals surface area contributed by atoms with Gasteiger partial charge in [0.05, 0.1) is 0 Å². The number of nitrogens with zero attached hydrogens (tertiary/aromatic N) is 3. The van der Waals surface area contributed by atoms with Crippen molar-refractivity contribution in [2.45, 2.75) is 13.1 Å². The Labute approximate surface area is 287 Å². The Morgan fingerprint density at radius 1 is 0.347 bits per heavy atom. The number of fused-ring (bicyclic) bond motifs is 4. The molecular weight excluding hydrogens is 611 g/mol. The number of hydrogen-bond acceptors (Lipinski definition) is 3. The summed E-state index contributed by atoms with van der Waals surface area (Å²) in [5.74, 6) is 2.03. The van der Waals surface area contributed by atoms with Gasteiger partial charge in [0, 0.05) is 16.7 Å². The van der Waals surface area contributed by atoms with Gasteiger partial charge in [-0.2, -0.15) is 0 Å². The van der Waals surface area contributed by atoms with Crippen molar-refractivity contribution in [2.75, 3.05) is 0 Å². The zero-order chi connectivity index (χ0) is 33.0. The maximum atomic E-state index is 5.28. The molecule has 7 aromatic carbocycles. The van der Waals surface area contributed by atoms with Crippen molar-refractivity contribution in [3.05, 3.63) is 164 Å². The lowest BCUT2D eigenvalue weighted by Crippen LogP contribution is -2.49. The van der Waals surface area contributed by atoms with Crippen molar-refractivity contribution in [1.82, 2.24) is 15.0 Å². The highest BCUT2D eigenvalue weighted by atomic mass is 28.3. The first kappa shape index (κ1) is 29.2. The highest BCUT2D eigenvalue weighted by molar-refractivity contribution is 7.04. The van der Waals surface area contributed by atoms with Crippen molar-refractivity contribution in [1.29, 1.82) is 0 Å². The monoisotopic (exact) mass is 643 g/mol. The molecule has 0 fully saturated rings. The summed E-state index contributed by atoms with van der Waals surface area (Å²) in [6, 6.07) is 58.2. The van der Waals surface area contributed by atoms with Crippen molar-refractivity contribution < 1.29 is 0 Å². The lowest BCUT2D eigenvalue weighted by molar-refractivity contribution is 1.08. The highest BCUT2D eigenvalue weighted by Gasteiger charge is 2.38.